The summed E-state index contributed by atoms with van der Waals surface area (Å²) in [5.41, 5.74) is 3.33. The zero-order valence-corrected chi connectivity index (χ0v) is 32.6. The Labute approximate surface area is 339 Å². The summed E-state index contributed by atoms with van der Waals surface area (Å²) in [7, 11) is 0. The van der Waals surface area contributed by atoms with Crippen LogP contribution in [0.25, 0.3) is 44.5 Å². The van der Waals surface area contributed by atoms with Gasteiger partial charge in [0.2, 0.25) is 0 Å². The first kappa shape index (κ1) is 37.1. The second kappa shape index (κ2) is 14.1. The monoisotopic (exact) mass is 776 g/mol. The Morgan fingerprint density at radius 1 is 0.475 bits per heavy atom. The number of aromatic nitrogens is 2. The van der Waals surface area contributed by atoms with Gasteiger partial charge in [0.25, 0.3) is 0 Å². The minimum atomic E-state index is -1.19. The lowest BCUT2D eigenvalue weighted by atomic mass is 9.83. The Bertz CT molecular complexity index is 2990. The van der Waals surface area contributed by atoms with Crippen LogP contribution < -0.4 is 0 Å². The lowest BCUT2D eigenvalue weighted by Crippen LogP contribution is -2.31. The number of Topliss-reactive ketones (excluding diaryl/α,β-unsaturated/α-hetero) is 2. The fourth-order valence-electron chi connectivity index (χ4n) is 7.59. The topological polar surface area (TPSA) is 122 Å². The molecule has 5 aromatic carbocycles. The van der Waals surface area contributed by atoms with Gasteiger partial charge >= 0.3 is 12.1 Å². The average Bonchev–Trinajstić information content (AvgIpc) is 3.68. The van der Waals surface area contributed by atoms with E-state index in [0.717, 1.165) is 10.8 Å². The first-order chi connectivity index (χ1) is 28.4. The first-order valence-electron chi connectivity index (χ1n) is 19.1. The molecule has 2 heterocycles. The summed E-state index contributed by atoms with van der Waals surface area (Å²) in [6.07, 6.45) is -1.00. The molecule has 2 aromatic heterocycles. The second-order valence-electron chi connectivity index (χ2n) is 15.5. The lowest BCUT2D eigenvalue weighted by Gasteiger charge is -2.27. The Morgan fingerprint density at radius 2 is 0.898 bits per heavy atom. The summed E-state index contributed by atoms with van der Waals surface area (Å²) < 4.78 is 18.0. The largest absolute Gasteiger partial charge is 0.514 e. The molecule has 0 amide bonds. The predicted octanol–water partition coefficient (Wildman–Crippen LogP) is 10.5. The molecule has 0 saturated carbocycles. The van der Waals surface area contributed by atoms with E-state index in [4.69, 9.17) is 24.2 Å². The molecule has 0 saturated heterocycles. The van der Waals surface area contributed by atoms with Crippen molar-refractivity contribution in [3.05, 3.63) is 190 Å². The molecule has 9 nitrogen and oxygen atoms in total. The van der Waals surface area contributed by atoms with Crippen LogP contribution in [0, 0.1) is 0 Å². The van der Waals surface area contributed by atoms with E-state index in [0.29, 0.717) is 55.8 Å². The number of pyridine rings is 2. The van der Waals surface area contributed by atoms with E-state index in [2.05, 4.69) is 0 Å². The normalized spacial score (nSPS) is 13.8. The highest BCUT2D eigenvalue weighted by Gasteiger charge is 2.40. The minimum Gasteiger partial charge on any atom is -0.424 e. The van der Waals surface area contributed by atoms with Gasteiger partial charge in [-0.3, -0.25) is 14.4 Å². The molecule has 2 aliphatic rings. The SMILES string of the molecule is CC(C)(OC(=O)OC1=C(c2ccc3ccccc3n2)C(=O)c2ccccc21)c1ccc(C(C)(C)C(=O)OC2=C(c3ccc4ccccc4n3)C(=O)c3ccccc32)cc1. The van der Waals surface area contributed by atoms with E-state index in [1.165, 1.54) is 0 Å². The standard InChI is InChI=1S/C50H36N2O7/c1-49(2,47(55)57-45-35-17-9-7-15-33(35)43(53)41(45)39-27-21-29-13-5-11-19-37(29)51-39)31-23-25-32(26-24-31)50(3,4)59-48(56)58-46-36-18-10-8-16-34(36)44(54)42(46)40-28-22-30-14-6-12-20-38(30)52-40/h5-28H,1-4H3. The summed E-state index contributed by atoms with van der Waals surface area (Å²) in [6.45, 7) is 6.94. The molecule has 0 N–H and O–H groups in total. The van der Waals surface area contributed by atoms with Crippen LogP contribution in [0.15, 0.2) is 146 Å². The Hall–Kier alpha value is -7.52. The number of esters is 1. The molecule has 0 aliphatic heterocycles. The third-order valence-electron chi connectivity index (χ3n) is 11.0. The van der Waals surface area contributed by atoms with Crippen molar-refractivity contribution in [3.63, 3.8) is 0 Å². The van der Waals surface area contributed by atoms with Crippen molar-refractivity contribution in [1.82, 2.24) is 9.97 Å². The van der Waals surface area contributed by atoms with Crippen LogP contribution in [-0.2, 0) is 30.0 Å². The van der Waals surface area contributed by atoms with E-state index in [-0.39, 0.29) is 34.2 Å². The number of hydrogen-bond acceptors (Lipinski definition) is 9. The zero-order valence-electron chi connectivity index (χ0n) is 32.6. The number of para-hydroxylation sites is 2. The highest BCUT2D eigenvalue weighted by molar-refractivity contribution is 6.40. The highest BCUT2D eigenvalue weighted by Crippen LogP contribution is 2.42. The first-order valence-corrected chi connectivity index (χ1v) is 19.1. The fraction of sp³-hybridized carbons (Fsp3) is 0.120. The maximum Gasteiger partial charge on any atom is 0.514 e. The molecule has 0 spiro atoms. The Morgan fingerprint density at radius 3 is 1.41 bits per heavy atom. The van der Waals surface area contributed by atoms with Gasteiger partial charge in [-0.1, -0.05) is 121 Å². The van der Waals surface area contributed by atoms with Crippen LogP contribution in [0.5, 0.6) is 0 Å². The third kappa shape index (κ3) is 6.46. The van der Waals surface area contributed by atoms with Crippen molar-refractivity contribution in [2.75, 3.05) is 0 Å². The molecule has 9 rings (SSSR count). The second-order valence-corrected chi connectivity index (χ2v) is 15.5. The van der Waals surface area contributed by atoms with Gasteiger partial charge in [-0.25, -0.2) is 14.8 Å². The van der Waals surface area contributed by atoms with E-state index < -0.39 is 23.1 Å². The number of benzene rings is 5. The van der Waals surface area contributed by atoms with Crippen LogP contribution in [0.2, 0.25) is 0 Å². The summed E-state index contributed by atoms with van der Waals surface area (Å²) in [4.78, 5) is 64.6. The van der Waals surface area contributed by atoms with Crippen molar-refractivity contribution in [2.45, 2.75) is 38.7 Å². The van der Waals surface area contributed by atoms with Crippen LogP contribution in [0.4, 0.5) is 4.79 Å². The van der Waals surface area contributed by atoms with Gasteiger partial charge in [-0.15, -0.1) is 0 Å². The highest BCUT2D eigenvalue weighted by atomic mass is 16.7. The van der Waals surface area contributed by atoms with Gasteiger partial charge in [0.1, 0.15) is 5.60 Å². The van der Waals surface area contributed by atoms with Crippen molar-refractivity contribution >= 4 is 68.2 Å². The molecule has 9 heteroatoms. The molecule has 2 aliphatic carbocycles. The fourth-order valence-corrected chi connectivity index (χ4v) is 7.59. The molecule has 0 atom stereocenters. The molecule has 59 heavy (non-hydrogen) atoms. The molecule has 0 bridgehead atoms. The van der Waals surface area contributed by atoms with Crippen molar-refractivity contribution < 1.29 is 33.4 Å². The van der Waals surface area contributed by atoms with E-state index in [9.17, 15) is 19.2 Å². The van der Waals surface area contributed by atoms with Gasteiger partial charge in [0.05, 0.1) is 39.0 Å². The van der Waals surface area contributed by atoms with Crippen LogP contribution in [0.1, 0.15) is 82.1 Å². The number of nitrogens with zero attached hydrogens (tertiary/aromatic N) is 2. The minimum absolute atomic E-state index is 0.0750. The van der Waals surface area contributed by atoms with E-state index in [1.54, 1.807) is 113 Å². The molecule has 0 fully saturated rings. The van der Waals surface area contributed by atoms with Gasteiger partial charge in [0, 0.05) is 33.0 Å². The maximum absolute atomic E-state index is 14.1. The summed E-state index contributed by atoms with van der Waals surface area (Å²) in [6, 6.07) is 43.5. The number of carbonyl (C=O) groups excluding carboxylic acids is 4. The third-order valence-corrected chi connectivity index (χ3v) is 11.0. The van der Waals surface area contributed by atoms with E-state index >= 15 is 0 Å². The predicted molar refractivity (Wildman–Crippen MR) is 225 cm³/mol. The number of allylic oxidation sites excluding steroid dienone is 2. The van der Waals surface area contributed by atoms with Crippen LogP contribution in [-0.4, -0.2) is 33.7 Å². The summed E-state index contributed by atoms with van der Waals surface area (Å²) in [5.74, 6) is -0.901. The maximum atomic E-state index is 14.1. The van der Waals surface area contributed by atoms with Gasteiger partial charge < -0.3 is 14.2 Å². The summed E-state index contributed by atoms with van der Waals surface area (Å²) >= 11 is 0. The number of rotatable bonds is 8. The molecule has 288 valence electrons. The Balaban J connectivity index is 0.960. The Kier molecular flexibility index (Phi) is 8.89. The van der Waals surface area contributed by atoms with Crippen LogP contribution >= 0.6 is 0 Å². The molecule has 0 unspecified atom stereocenters. The number of ketones is 2. The number of hydrogen-bond donors (Lipinski definition) is 0. The van der Waals surface area contributed by atoms with Gasteiger partial charge in [-0.2, -0.15) is 0 Å². The summed E-state index contributed by atoms with van der Waals surface area (Å²) in [5, 5.41) is 1.83. The molecule has 7 aromatic rings. The number of ether oxygens (including phenoxy) is 3. The lowest BCUT2D eigenvalue weighted by molar-refractivity contribution is -0.142. The molecular weight excluding hydrogens is 741 g/mol. The molecular formula is C50H36N2O7. The van der Waals surface area contributed by atoms with Crippen molar-refractivity contribution in [3.8, 4) is 0 Å². The quantitative estimate of drug-likeness (QED) is 0.139. The number of carbonyl (C=O) groups is 4. The van der Waals surface area contributed by atoms with Crippen molar-refractivity contribution in [1.29, 1.82) is 0 Å². The van der Waals surface area contributed by atoms with Crippen LogP contribution in [0.3, 0.4) is 0 Å². The average molecular weight is 777 g/mol. The number of fused-ring (bicyclic) bond motifs is 4. The van der Waals surface area contributed by atoms with Gasteiger partial charge in [-0.05, 0) is 63.1 Å². The van der Waals surface area contributed by atoms with E-state index in [1.807, 2.05) is 60.7 Å². The smallest absolute Gasteiger partial charge is 0.424 e. The molecule has 0 radical (unpaired) electrons. The zero-order chi connectivity index (χ0) is 41.1. The van der Waals surface area contributed by atoms with Gasteiger partial charge in [0.15, 0.2) is 23.1 Å². The van der Waals surface area contributed by atoms with Crippen molar-refractivity contribution in [2.24, 2.45) is 0 Å².